The van der Waals surface area contributed by atoms with E-state index >= 15 is 0 Å². The fourth-order valence-corrected chi connectivity index (χ4v) is 3.17. The number of azo groups is 1. The Kier molecular flexibility index (Phi) is 5.86. The first-order valence-electron chi connectivity index (χ1n) is 7.21. The largest absolute Gasteiger partial charge is 2.00 e. The van der Waals surface area contributed by atoms with Crippen LogP contribution in [0.5, 0.6) is 11.5 Å². The van der Waals surface area contributed by atoms with Crippen LogP contribution in [0.2, 0.25) is 0 Å². The van der Waals surface area contributed by atoms with Crippen molar-refractivity contribution in [3.05, 3.63) is 54.1 Å². The zero-order valence-electron chi connectivity index (χ0n) is 15.8. The summed E-state index contributed by atoms with van der Waals surface area (Å²) < 4.78 is 32.4. The topological polar surface area (TPSA) is 120 Å². The Morgan fingerprint density at radius 2 is 1.58 bits per heavy atom. The molecule has 0 aliphatic heterocycles. The Morgan fingerprint density at radius 3 is 2.23 bits per heavy atom. The molecular formula is C17H16MgN2O5S. The molecule has 0 saturated carbocycles. The molecular weight excluding hydrogens is 369 g/mol. The van der Waals surface area contributed by atoms with Gasteiger partial charge in [0, 0.05) is 16.8 Å². The average molecular weight is 385 g/mol. The Balaban J connectivity index is 0.00000243. The predicted octanol–water partition coefficient (Wildman–Crippen LogP) is 4.07. The van der Waals surface area contributed by atoms with E-state index in [-0.39, 0.29) is 48.4 Å². The van der Waals surface area contributed by atoms with Crippen LogP contribution in [-0.2, 0) is 10.1 Å². The summed E-state index contributed by atoms with van der Waals surface area (Å²) in [4.78, 5) is -0.419. The van der Waals surface area contributed by atoms with E-state index < -0.39 is 20.8 Å². The number of phenols is 2. The summed E-state index contributed by atoms with van der Waals surface area (Å²) in [5.74, 6) is -0.532. The third-order valence-electron chi connectivity index (χ3n) is 3.62. The molecule has 9 heteroatoms. The SMILES string of the molecule is Cc1ccc(O)c(N=Nc2c(O)cc(S(=O)(=O)O)c3ccccc23)c1.[H-].[H-].[Mg+2]. The molecule has 3 N–H and O–H groups in total. The molecule has 0 aliphatic rings. The van der Waals surface area contributed by atoms with Crippen LogP contribution in [0.4, 0.5) is 11.4 Å². The number of fused-ring (bicyclic) bond motifs is 1. The Bertz CT molecular complexity index is 1120. The van der Waals surface area contributed by atoms with Crippen molar-refractivity contribution in [3.63, 3.8) is 0 Å². The first kappa shape index (κ1) is 20.1. The molecule has 0 radical (unpaired) electrons. The summed E-state index contributed by atoms with van der Waals surface area (Å²) in [5.41, 5.74) is 1.11. The van der Waals surface area contributed by atoms with Crippen molar-refractivity contribution in [2.75, 3.05) is 0 Å². The number of hydrogen-bond acceptors (Lipinski definition) is 6. The fraction of sp³-hybridized carbons (Fsp3) is 0.0588. The van der Waals surface area contributed by atoms with Crippen molar-refractivity contribution in [2.24, 2.45) is 10.2 Å². The smallest absolute Gasteiger partial charge is 1.00 e. The van der Waals surface area contributed by atoms with Crippen molar-refractivity contribution in [2.45, 2.75) is 11.8 Å². The van der Waals surface area contributed by atoms with Gasteiger partial charge in [-0.1, -0.05) is 30.3 Å². The van der Waals surface area contributed by atoms with Crippen molar-refractivity contribution in [1.82, 2.24) is 0 Å². The maximum Gasteiger partial charge on any atom is 2.00 e. The predicted molar refractivity (Wildman–Crippen MR) is 100 cm³/mol. The number of hydrogen-bond donors (Lipinski definition) is 3. The maximum absolute atomic E-state index is 11.5. The van der Waals surface area contributed by atoms with E-state index in [1.807, 2.05) is 6.92 Å². The normalized spacial score (nSPS) is 11.6. The van der Waals surface area contributed by atoms with Gasteiger partial charge in [-0.25, -0.2) is 0 Å². The summed E-state index contributed by atoms with van der Waals surface area (Å²) in [5, 5.41) is 28.4. The van der Waals surface area contributed by atoms with Gasteiger partial charge in [0.05, 0.1) is 0 Å². The van der Waals surface area contributed by atoms with Gasteiger partial charge in [-0.2, -0.15) is 8.42 Å². The van der Waals surface area contributed by atoms with Gasteiger partial charge < -0.3 is 13.1 Å². The van der Waals surface area contributed by atoms with Gasteiger partial charge in [-0.15, -0.1) is 10.2 Å². The van der Waals surface area contributed by atoms with E-state index in [0.717, 1.165) is 11.6 Å². The minimum atomic E-state index is -4.52. The van der Waals surface area contributed by atoms with Crippen LogP contribution >= 0.6 is 0 Å². The number of aromatic hydroxyl groups is 2. The molecule has 0 atom stereocenters. The Labute approximate surface area is 168 Å². The summed E-state index contributed by atoms with van der Waals surface area (Å²) in [6.45, 7) is 1.83. The molecule has 0 saturated heterocycles. The zero-order valence-corrected chi connectivity index (χ0v) is 16.0. The molecule has 0 bridgehead atoms. The van der Waals surface area contributed by atoms with Gasteiger partial charge in [0.15, 0.2) is 0 Å². The van der Waals surface area contributed by atoms with Gasteiger partial charge >= 0.3 is 23.1 Å². The van der Waals surface area contributed by atoms with Gasteiger partial charge in [0.2, 0.25) is 0 Å². The monoisotopic (exact) mass is 384 g/mol. The van der Waals surface area contributed by atoms with Crippen LogP contribution < -0.4 is 0 Å². The molecule has 0 spiro atoms. The average Bonchev–Trinajstić information content (AvgIpc) is 2.55. The van der Waals surface area contributed by atoms with Crippen LogP contribution in [0, 0.1) is 6.92 Å². The fourth-order valence-electron chi connectivity index (χ4n) is 2.45. The second kappa shape index (κ2) is 7.58. The van der Waals surface area contributed by atoms with Gasteiger partial charge in [-0.05, 0) is 24.6 Å². The Morgan fingerprint density at radius 1 is 0.923 bits per heavy atom. The number of rotatable bonds is 3. The van der Waals surface area contributed by atoms with E-state index in [0.29, 0.717) is 5.39 Å². The van der Waals surface area contributed by atoms with Crippen LogP contribution in [0.1, 0.15) is 8.42 Å². The Hall–Kier alpha value is -2.20. The van der Waals surface area contributed by atoms with Crippen molar-refractivity contribution < 1.29 is 26.0 Å². The quantitative estimate of drug-likeness (QED) is 0.357. The molecule has 3 aromatic carbocycles. The molecule has 0 aliphatic carbocycles. The molecule has 26 heavy (non-hydrogen) atoms. The zero-order chi connectivity index (χ0) is 18.2. The summed E-state index contributed by atoms with van der Waals surface area (Å²) >= 11 is 0. The molecule has 7 nitrogen and oxygen atoms in total. The number of aryl methyl sites for hydroxylation is 1. The van der Waals surface area contributed by atoms with Crippen molar-refractivity contribution >= 4 is 55.3 Å². The summed E-state index contributed by atoms with van der Waals surface area (Å²) in [6, 6.07) is 12.0. The number of phenolic OH excluding ortho intramolecular Hbond substituents is 2. The third-order valence-corrected chi connectivity index (χ3v) is 4.52. The second-order valence-corrected chi connectivity index (χ2v) is 6.85. The van der Waals surface area contributed by atoms with Crippen LogP contribution in [0.3, 0.4) is 0 Å². The minimum absolute atomic E-state index is 0. The first-order valence-corrected chi connectivity index (χ1v) is 8.65. The van der Waals surface area contributed by atoms with Crippen LogP contribution in [0.25, 0.3) is 10.8 Å². The molecule has 0 aromatic heterocycles. The van der Waals surface area contributed by atoms with E-state index in [4.69, 9.17) is 0 Å². The van der Waals surface area contributed by atoms with Crippen LogP contribution in [0.15, 0.2) is 63.7 Å². The molecule has 0 heterocycles. The second-order valence-electron chi connectivity index (χ2n) is 5.46. The number of nitrogens with zero attached hydrogens (tertiary/aromatic N) is 2. The molecule has 3 rings (SSSR count). The standard InChI is InChI=1S/C17H14N2O5S.Mg.2H/c1-10-6-7-14(20)13(8-10)18-19-17-12-5-3-2-4-11(12)16(9-15(17)21)25(22,23)24;;;/h2-9,20-21H,1H3,(H,22,23,24);;;/q;+2;2*-1. The molecule has 0 unspecified atom stereocenters. The van der Waals surface area contributed by atoms with E-state index in [9.17, 15) is 23.2 Å². The van der Waals surface area contributed by atoms with Crippen LogP contribution in [-0.4, -0.2) is 46.2 Å². The van der Waals surface area contributed by atoms with E-state index in [1.54, 1.807) is 30.3 Å². The number of benzene rings is 3. The van der Waals surface area contributed by atoms with Crippen molar-refractivity contribution in [3.8, 4) is 11.5 Å². The van der Waals surface area contributed by atoms with Gasteiger partial charge in [0.1, 0.15) is 27.8 Å². The summed E-state index contributed by atoms with van der Waals surface area (Å²) in [7, 11) is -4.52. The molecule has 0 fully saturated rings. The van der Waals surface area contributed by atoms with E-state index in [1.165, 1.54) is 12.1 Å². The molecule has 132 valence electrons. The van der Waals surface area contributed by atoms with E-state index in [2.05, 4.69) is 10.2 Å². The molecule has 3 aromatic rings. The van der Waals surface area contributed by atoms with Gasteiger partial charge in [-0.3, -0.25) is 4.55 Å². The summed E-state index contributed by atoms with van der Waals surface area (Å²) in [6.07, 6.45) is 0. The van der Waals surface area contributed by atoms with Gasteiger partial charge in [0.25, 0.3) is 10.1 Å². The first-order chi connectivity index (χ1) is 11.8. The molecule has 0 amide bonds. The minimum Gasteiger partial charge on any atom is -1.00 e. The third kappa shape index (κ3) is 3.96. The van der Waals surface area contributed by atoms with Crippen molar-refractivity contribution in [1.29, 1.82) is 0 Å². The maximum atomic E-state index is 11.5.